The fraction of sp³-hybridized carbons (Fsp3) is 0.537. The number of carboxylic acids is 2. The van der Waals surface area contributed by atoms with E-state index in [4.69, 9.17) is 15.9 Å². The number of guanidine groups is 1. The number of nitrogens with two attached hydrogens (primary N) is 1. The van der Waals surface area contributed by atoms with E-state index in [9.17, 15) is 67.7 Å². The van der Waals surface area contributed by atoms with Gasteiger partial charge < -0.3 is 79.2 Å². The molecule has 72 heavy (non-hydrogen) atoms. The molecule has 2 fully saturated rings. The second-order valence-corrected chi connectivity index (χ2v) is 19.4. The first-order valence-corrected chi connectivity index (χ1v) is 25.7. The van der Waals surface area contributed by atoms with Crippen LogP contribution in [-0.4, -0.2) is 192 Å². The summed E-state index contributed by atoms with van der Waals surface area (Å²) in [6.45, 7) is -1.08. The van der Waals surface area contributed by atoms with E-state index in [0.717, 1.165) is 33.3 Å². The number of rotatable bonds is 16. The number of aliphatic carboxylic acids is 2. The Labute approximate surface area is 424 Å². The summed E-state index contributed by atoms with van der Waals surface area (Å²) in [6.07, 6.45) is -2.22. The molecule has 0 aliphatic carbocycles. The second kappa shape index (κ2) is 31.5. The fourth-order valence-electron chi connectivity index (χ4n) is 6.45. The SMILES string of the molecule is COCCNC(=O)CNC(=O)[C@@H]1CSCC(=O)N[C@@H](CC(=O)O)C(=O)N[C@H]2CSSC[C@H](NC(=O)[C@H](CC(=O)O)NC(=O)CNC(=O)[C@H](CCCNC(=N)N)NC2=O)C(=O)N[C@@H](Cc2ccccc2)C(=O)N1. The third kappa shape index (κ3) is 22.5. The topological polar surface area (TPSA) is 437 Å². The summed E-state index contributed by atoms with van der Waals surface area (Å²) in [7, 11) is 3.10. The molecule has 31 heteroatoms. The number of hydrogen-bond acceptors (Lipinski definition) is 17. The minimum Gasteiger partial charge on any atom is -0.481 e. The van der Waals surface area contributed by atoms with Crippen molar-refractivity contribution < 1.29 is 72.5 Å². The van der Waals surface area contributed by atoms with Gasteiger partial charge in [0.2, 0.25) is 59.1 Å². The predicted molar refractivity (Wildman–Crippen MR) is 260 cm³/mol. The first-order chi connectivity index (χ1) is 34.3. The van der Waals surface area contributed by atoms with Crippen LogP contribution in [0.25, 0.3) is 0 Å². The van der Waals surface area contributed by atoms with Crippen molar-refractivity contribution in [2.24, 2.45) is 5.73 Å². The molecular formula is C41H59N13O15S3. The van der Waals surface area contributed by atoms with Crippen LogP contribution < -0.4 is 64.2 Å². The highest BCUT2D eigenvalue weighted by Gasteiger charge is 2.35. The highest BCUT2D eigenvalue weighted by atomic mass is 33.1. The van der Waals surface area contributed by atoms with Gasteiger partial charge in [-0.15, -0.1) is 11.8 Å². The van der Waals surface area contributed by atoms with Crippen molar-refractivity contribution >= 4 is 110 Å². The number of carbonyl (C=O) groups excluding carboxylic acids is 10. The number of fused-ring (bicyclic) bond motifs is 5. The van der Waals surface area contributed by atoms with Gasteiger partial charge in [-0.05, 0) is 18.4 Å². The number of thioether (sulfide) groups is 1. The summed E-state index contributed by atoms with van der Waals surface area (Å²) in [4.78, 5) is 160. The van der Waals surface area contributed by atoms with E-state index in [2.05, 4.69) is 58.5 Å². The molecule has 2 aliphatic heterocycles. The van der Waals surface area contributed by atoms with E-state index in [1.807, 2.05) is 0 Å². The van der Waals surface area contributed by atoms with Crippen molar-refractivity contribution in [3.05, 3.63) is 35.9 Å². The molecule has 2 heterocycles. The highest BCUT2D eigenvalue weighted by molar-refractivity contribution is 8.76. The third-order valence-electron chi connectivity index (χ3n) is 10.0. The first kappa shape index (κ1) is 59.4. The molecule has 0 radical (unpaired) electrons. The Morgan fingerprint density at radius 2 is 1.25 bits per heavy atom. The molecule has 0 spiro atoms. The second-order valence-electron chi connectivity index (χ2n) is 15.8. The van der Waals surface area contributed by atoms with Crippen LogP contribution in [0.15, 0.2) is 30.3 Å². The lowest BCUT2D eigenvalue weighted by atomic mass is 10.0. The highest BCUT2D eigenvalue weighted by Crippen LogP contribution is 2.24. The van der Waals surface area contributed by atoms with Gasteiger partial charge in [-0.25, -0.2) is 0 Å². The molecule has 16 N–H and O–H groups in total. The molecule has 0 saturated carbocycles. The number of carboxylic acid groups (broad SMARTS) is 2. The Balaban J connectivity index is 2.15. The zero-order valence-corrected chi connectivity index (χ0v) is 41.3. The minimum absolute atomic E-state index is 0.0532. The van der Waals surface area contributed by atoms with E-state index in [1.165, 1.54) is 7.11 Å². The lowest BCUT2D eigenvalue weighted by Crippen LogP contribution is -2.60. The molecule has 0 unspecified atom stereocenters. The van der Waals surface area contributed by atoms with Crippen LogP contribution in [0.3, 0.4) is 0 Å². The fourth-order valence-corrected chi connectivity index (χ4v) is 9.64. The summed E-state index contributed by atoms with van der Waals surface area (Å²) in [5, 5.41) is 53.5. The van der Waals surface area contributed by atoms with Crippen molar-refractivity contribution in [3.63, 3.8) is 0 Å². The third-order valence-corrected chi connectivity index (χ3v) is 13.5. The molecule has 0 aromatic heterocycles. The molecular weight excluding hydrogens is 1010 g/mol. The van der Waals surface area contributed by atoms with Gasteiger partial charge in [0.05, 0.1) is 38.3 Å². The molecule has 10 amide bonds. The standard InChI is InChI=1S/C41H59N13O15S3/c1-69-11-10-44-29(55)15-46-35(63)26-17-70-20-31(57)49-25(14-33(60)61)38(66)53-27-18-71-72-19-28(40(68)51-23(36(64)52-26)12-21-6-3-2-4-7-21)54-37(65)24(13-32(58)59)48-30(56)16-47-34(62)22(50-39(27)67)8-5-9-45-41(42)43/h2-4,6-7,22-28H,5,8-20H2,1H3,(H,44,55)(H,46,63)(H,47,62)(H,48,56)(H,49,57)(H,50,67)(H,51,68)(H,52,64)(H,53,66)(H,54,65)(H,58,59)(H,60,61)(H4,42,43,45)/t22-,23-,24-,25-,26-,27-,28-/m0/s1. The average molecular weight is 1070 g/mol. The first-order valence-electron chi connectivity index (χ1n) is 22.0. The monoisotopic (exact) mass is 1070 g/mol. The predicted octanol–water partition coefficient (Wildman–Crippen LogP) is -6.03. The average Bonchev–Trinajstić information content (AvgIpc) is 3.32. The van der Waals surface area contributed by atoms with Gasteiger partial charge in [-0.3, -0.25) is 62.9 Å². The zero-order valence-electron chi connectivity index (χ0n) is 38.8. The molecule has 28 nitrogen and oxygen atoms in total. The molecule has 2 saturated heterocycles. The van der Waals surface area contributed by atoms with E-state index in [-0.39, 0.29) is 50.5 Å². The van der Waals surface area contributed by atoms with Crippen LogP contribution >= 0.6 is 33.3 Å². The smallest absolute Gasteiger partial charge is 0.305 e. The number of ether oxygens (including phenoxy) is 1. The molecule has 1 aromatic carbocycles. The summed E-state index contributed by atoms with van der Waals surface area (Å²) in [6, 6.07) is -3.04. The molecule has 396 valence electrons. The molecule has 2 aliphatic rings. The number of hydrogen-bond donors (Lipinski definition) is 15. The quantitative estimate of drug-likeness (QED) is 0.0317. The van der Waals surface area contributed by atoms with Crippen LogP contribution in [0.4, 0.5) is 0 Å². The van der Waals surface area contributed by atoms with Gasteiger partial charge >= 0.3 is 11.9 Å². The Morgan fingerprint density at radius 1 is 0.681 bits per heavy atom. The molecule has 2 bridgehead atoms. The largest absolute Gasteiger partial charge is 0.481 e. The number of carbonyl (C=O) groups is 12. The van der Waals surface area contributed by atoms with Crippen molar-refractivity contribution in [3.8, 4) is 0 Å². The number of amides is 10. The van der Waals surface area contributed by atoms with Gasteiger partial charge in [0, 0.05) is 43.9 Å². The maximum atomic E-state index is 14.3. The number of methoxy groups -OCH3 is 1. The maximum absolute atomic E-state index is 14.3. The van der Waals surface area contributed by atoms with E-state index >= 15 is 0 Å². The van der Waals surface area contributed by atoms with E-state index in [1.54, 1.807) is 30.3 Å². The van der Waals surface area contributed by atoms with Crippen molar-refractivity contribution in [1.82, 2.24) is 58.5 Å². The zero-order chi connectivity index (χ0) is 53.2. The Kier molecular flexibility index (Phi) is 26.0. The van der Waals surface area contributed by atoms with E-state index in [0.29, 0.717) is 5.56 Å². The van der Waals surface area contributed by atoms with Gasteiger partial charge in [0.15, 0.2) is 5.96 Å². The number of nitrogens with one attached hydrogen (secondary N) is 12. The summed E-state index contributed by atoms with van der Waals surface area (Å²) < 4.78 is 4.90. The lowest BCUT2D eigenvalue weighted by molar-refractivity contribution is -0.141. The minimum atomic E-state index is -1.83. The summed E-state index contributed by atoms with van der Waals surface area (Å²) >= 11 is 0.755. The van der Waals surface area contributed by atoms with Crippen LogP contribution in [0, 0.1) is 5.41 Å². The Bertz CT molecular complexity index is 2140. The lowest BCUT2D eigenvalue weighted by Gasteiger charge is -2.27. The summed E-state index contributed by atoms with van der Waals surface area (Å²) in [5.74, 6) is -14.9. The van der Waals surface area contributed by atoms with Gasteiger partial charge in [-0.1, -0.05) is 51.9 Å². The Morgan fingerprint density at radius 3 is 1.82 bits per heavy atom. The molecule has 1 aromatic rings. The van der Waals surface area contributed by atoms with Crippen molar-refractivity contribution in [2.45, 2.75) is 74.4 Å². The van der Waals surface area contributed by atoms with Crippen LogP contribution in [0.2, 0.25) is 0 Å². The summed E-state index contributed by atoms with van der Waals surface area (Å²) in [5.41, 5.74) is 5.87. The maximum Gasteiger partial charge on any atom is 0.305 e. The van der Waals surface area contributed by atoms with Crippen molar-refractivity contribution in [1.29, 1.82) is 5.41 Å². The van der Waals surface area contributed by atoms with Gasteiger partial charge in [0.1, 0.15) is 42.3 Å². The van der Waals surface area contributed by atoms with Gasteiger partial charge in [-0.2, -0.15) is 0 Å². The number of benzene rings is 1. The van der Waals surface area contributed by atoms with Crippen LogP contribution in [-0.2, 0) is 68.7 Å². The Hall–Kier alpha value is -6.86. The van der Waals surface area contributed by atoms with Crippen LogP contribution in [0.1, 0.15) is 31.2 Å². The van der Waals surface area contributed by atoms with Crippen LogP contribution in [0.5, 0.6) is 0 Å². The van der Waals surface area contributed by atoms with E-state index < -0.39 is 157 Å². The van der Waals surface area contributed by atoms with Gasteiger partial charge in [0.25, 0.3) is 0 Å². The normalized spacial score (nSPS) is 23.5. The molecule has 3 rings (SSSR count). The molecule has 7 atom stereocenters. The van der Waals surface area contributed by atoms with Crippen molar-refractivity contribution in [2.75, 3.05) is 62.9 Å².